The second-order valence-electron chi connectivity index (χ2n) is 6.50. The van der Waals surface area contributed by atoms with Crippen LogP contribution in [0, 0.1) is 0 Å². The van der Waals surface area contributed by atoms with Crippen molar-refractivity contribution in [2.24, 2.45) is 5.73 Å². The molecule has 1 aromatic rings. The number of benzene rings is 1. The zero-order chi connectivity index (χ0) is 16.7. The predicted molar refractivity (Wildman–Crippen MR) is 107 cm³/mol. The number of hydrogen-bond donors (Lipinski definition) is 2. The zero-order valence-corrected chi connectivity index (χ0v) is 16.7. The number of amides is 1. The third-order valence-electron chi connectivity index (χ3n) is 4.59. The molecule has 5 nitrogen and oxygen atoms in total. The van der Waals surface area contributed by atoms with Gasteiger partial charge in [-0.1, -0.05) is 30.3 Å². The van der Waals surface area contributed by atoms with Gasteiger partial charge in [0, 0.05) is 39.4 Å². The maximum absolute atomic E-state index is 12.6. The van der Waals surface area contributed by atoms with Crippen molar-refractivity contribution < 1.29 is 9.53 Å². The number of carbonyl (C=O) groups excluding carboxylic acids is 1. The van der Waals surface area contributed by atoms with Crippen LogP contribution in [0.3, 0.4) is 0 Å². The van der Waals surface area contributed by atoms with E-state index in [-0.39, 0.29) is 36.8 Å². The lowest BCUT2D eigenvalue weighted by Crippen LogP contribution is -2.54. The van der Waals surface area contributed by atoms with E-state index >= 15 is 0 Å². The van der Waals surface area contributed by atoms with E-state index < -0.39 is 5.54 Å². The van der Waals surface area contributed by atoms with Crippen molar-refractivity contribution in [3.05, 3.63) is 35.9 Å². The fourth-order valence-electron chi connectivity index (χ4n) is 2.98. The molecular formula is C18H31Cl2N3O2. The fraction of sp³-hybridized carbons (Fsp3) is 0.611. The summed E-state index contributed by atoms with van der Waals surface area (Å²) in [5.74, 6) is -0.0958. The Morgan fingerprint density at radius 2 is 1.88 bits per heavy atom. The molecule has 0 aliphatic carbocycles. The molecule has 0 radical (unpaired) electrons. The SMILES string of the molecule is COCCCN1CCC(NC(=O)C(C)(N)c2ccccc2)CC1.Cl.Cl. The number of hydrogen-bond acceptors (Lipinski definition) is 4. The van der Waals surface area contributed by atoms with Crippen molar-refractivity contribution in [3.63, 3.8) is 0 Å². The highest BCUT2D eigenvalue weighted by molar-refractivity contribution is 5.87. The summed E-state index contributed by atoms with van der Waals surface area (Å²) < 4.78 is 5.09. The van der Waals surface area contributed by atoms with Crippen LogP contribution in [0.2, 0.25) is 0 Å². The maximum atomic E-state index is 12.6. The Hall–Kier alpha value is -0.850. The quantitative estimate of drug-likeness (QED) is 0.699. The number of likely N-dealkylation sites (tertiary alicyclic amines) is 1. The molecule has 1 aliphatic heterocycles. The highest BCUT2D eigenvalue weighted by Gasteiger charge is 2.32. The van der Waals surface area contributed by atoms with E-state index in [0.29, 0.717) is 0 Å². The van der Waals surface area contributed by atoms with E-state index in [1.165, 1.54) is 0 Å². The minimum Gasteiger partial charge on any atom is -0.385 e. The topological polar surface area (TPSA) is 67.6 Å². The molecule has 1 aromatic carbocycles. The molecule has 1 unspecified atom stereocenters. The Kier molecular flexibility index (Phi) is 11.3. The van der Waals surface area contributed by atoms with Crippen molar-refractivity contribution in [2.45, 2.75) is 37.8 Å². The highest BCUT2D eigenvalue weighted by Crippen LogP contribution is 2.19. The summed E-state index contributed by atoms with van der Waals surface area (Å²) in [5.41, 5.74) is 6.12. The Labute approximate surface area is 163 Å². The van der Waals surface area contributed by atoms with Crippen LogP contribution >= 0.6 is 24.8 Å². The van der Waals surface area contributed by atoms with Gasteiger partial charge in [-0.25, -0.2) is 0 Å². The van der Waals surface area contributed by atoms with E-state index in [9.17, 15) is 4.79 Å². The van der Waals surface area contributed by atoms with E-state index in [1.54, 1.807) is 14.0 Å². The Balaban J connectivity index is 0.00000288. The first-order valence-corrected chi connectivity index (χ1v) is 8.40. The molecule has 1 atom stereocenters. The summed E-state index contributed by atoms with van der Waals surface area (Å²) in [6.45, 7) is 5.67. The lowest BCUT2D eigenvalue weighted by atomic mass is 9.91. The Bertz CT molecular complexity index is 492. The summed E-state index contributed by atoms with van der Waals surface area (Å²) in [6.07, 6.45) is 3.01. The van der Waals surface area contributed by atoms with E-state index in [2.05, 4.69) is 10.2 Å². The van der Waals surface area contributed by atoms with Gasteiger partial charge in [0.1, 0.15) is 5.54 Å². The average molecular weight is 392 g/mol. The van der Waals surface area contributed by atoms with Gasteiger partial charge in [0.2, 0.25) is 5.91 Å². The minimum absolute atomic E-state index is 0. The summed E-state index contributed by atoms with van der Waals surface area (Å²) in [5, 5.41) is 3.13. The molecule has 0 aromatic heterocycles. The van der Waals surface area contributed by atoms with Crippen LogP contribution in [0.5, 0.6) is 0 Å². The molecule has 1 amide bonds. The Morgan fingerprint density at radius 1 is 1.28 bits per heavy atom. The van der Waals surface area contributed by atoms with Gasteiger partial charge in [0.25, 0.3) is 0 Å². The number of carbonyl (C=O) groups is 1. The monoisotopic (exact) mass is 391 g/mol. The minimum atomic E-state index is -0.989. The molecule has 144 valence electrons. The second-order valence-corrected chi connectivity index (χ2v) is 6.50. The molecule has 7 heteroatoms. The molecule has 0 spiro atoms. The predicted octanol–water partition coefficient (Wildman–Crippen LogP) is 2.32. The van der Waals surface area contributed by atoms with Crippen LogP contribution in [0.25, 0.3) is 0 Å². The summed E-state index contributed by atoms with van der Waals surface area (Å²) >= 11 is 0. The van der Waals surface area contributed by atoms with Crippen molar-refractivity contribution in [1.82, 2.24) is 10.2 Å². The van der Waals surface area contributed by atoms with Crippen molar-refractivity contribution in [3.8, 4) is 0 Å². The van der Waals surface area contributed by atoms with Crippen LogP contribution < -0.4 is 11.1 Å². The van der Waals surface area contributed by atoms with Gasteiger partial charge in [0.05, 0.1) is 0 Å². The third-order valence-corrected chi connectivity index (χ3v) is 4.59. The van der Waals surface area contributed by atoms with Crippen LogP contribution in [-0.2, 0) is 15.1 Å². The van der Waals surface area contributed by atoms with Gasteiger partial charge in [-0.2, -0.15) is 0 Å². The first kappa shape index (κ1) is 24.1. The first-order valence-electron chi connectivity index (χ1n) is 8.40. The smallest absolute Gasteiger partial charge is 0.244 e. The summed E-state index contributed by atoms with van der Waals surface area (Å²) in [6, 6.07) is 9.76. The maximum Gasteiger partial charge on any atom is 0.244 e. The number of ether oxygens (including phenoxy) is 1. The van der Waals surface area contributed by atoms with Gasteiger partial charge in [-0.05, 0) is 31.7 Å². The molecule has 25 heavy (non-hydrogen) atoms. The number of piperidine rings is 1. The number of nitrogens with two attached hydrogens (primary N) is 1. The molecule has 3 N–H and O–H groups in total. The van der Waals surface area contributed by atoms with Crippen LogP contribution in [0.1, 0.15) is 31.7 Å². The first-order chi connectivity index (χ1) is 11.0. The third kappa shape index (κ3) is 7.12. The molecule has 1 saturated heterocycles. The number of halogens is 2. The average Bonchev–Trinajstić information content (AvgIpc) is 2.57. The van der Waals surface area contributed by atoms with Gasteiger partial charge in [-0.15, -0.1) is 24.8 Å². The van der Waals surface area contributed by atoms with Crippen molar-refractivity contribution in [2.75, 3.05) is 33.4 Å². The summed E-state index contributed by atoms with van der Waals surface area (Å²) in [7, 11) is 1.73. The van der Waals surface area contributed by atoms with Crippen LogP contribution in [0.4, 0.5) is 0 Å². The molecule has 1 fully saturated rings. The van der Waals surface area contributed by atoms with E-state index in [1.807, 2.05) is 30.3 Å². The highest BCUT2D eigenvalue weighted by atomic mass is 35.5. The molecule has 0 bridgehead atoms. The van der Waals surface area contributed by atoms with Gasteiger partial charge < -0.3 is 20.7 Å². The van der Waals surface area contributed by atoms with Crippen LogP contribution in [0.15, 0.2) is 30.3 Å². The lowest BCUT2D eigenvalue weighted by Gasteiger charge is -2.34. The van der Waals surface area contributed by atoms with Crippen molar-refractivity contribution in [1.29, 1.82) is 0 Å². The number of methoxy groups -OCH3 is 1. The standard InChI is InChI=1S/C18H29N3O2.2ClH/c1-18(19,15-7-4-3-5-8-15)17(22)20-16-9-12-21(13-10-16)11-6-14-23-2;;/h3-5,7-8,16H,6,9-14,19H2,1-2H3,(H,20,22);2*1H. The normalized spacial score (nSPS) is 17.7. The number of nitrogens with one attached hydrogen (secondary N) is 1. The van der Waals surface area contributed by atoms with Crippen molar-refractivity contribution >= 4 is 30.7 Å². The van der Waals surface area contributed by atoms with Gasteiger partial charge >= 0.3 is 0 Å². The number of nitrogens with zero attached hydrogens (tertiary/aromatic N) is 1. The molecule has 2 rings (SSSR count). The molecule has 0 saturated carbocycles. The molecule has 1 aliphatic rings. The fourth-order valence-corrected chi connectivity index (χ4v) is 2.98. The molecule has 1 heterocycles. The lowest BCUT2D eigenvalue weighted by molar-refractivity contribution is -0.127. The van der Waals surface area contributed by atoms with Gasteiger partial charge in [0.15, 0.2) is 0 Å². The zero-order valence-electron chi connectivity index (χ0n) is 15.1. The largest absolute Gasteiger partial charge is 0.385 e. The van der Waals surface area contributed by atoms with E-state index in [0.717, 1.165) is 51.1 Å². The summed E-state index contributed by atoms with van der Waals surface area (Å²) in [4.78, 5) is 15.0. The second kappa shape index (κ2) is 11.7. The molecular weight excluding hydrogens is 361 g/mol. The van der Waals surface area contributed by atoms with Gasteiger partial charge in [-0.3, -0.25) is 4.79 Å². The Morgan fingerprint density at radius 3 is 2.44 bits per heavy atom. The van der Waals surface area contributed by atoms with E-state index in [4.69, 9.17) is 10.5 Å². The van der Waals surface area contributed by atoms with Crippen LogP contribution in [-0.4, -0.2) is 50.2 Å². The number of rotatable bonds is 7.